The Hall–Kier alpha value is -1.09. The quantitative estimate of drug-likeness (QED) is 0.796. The highest BCUT2D eigenvalue weighted by molar-refractivity contribution is 5.07. The van der Waals surface area contributed by atoms with Gasteiger partial charge in [-0.2, -0.15) is 0 Å². The molecule has 1 unspecified atom stereocenters. The van der Waals surface area contributed by atoms with Gasteiger partial charge in [-0.1, -0.05) is 6.92 Å². The topological polar surface area (TPSA) is 34.0 Å². The van der Waals surface area contributed by atoms with E-state index in [1.807, 2.05) is 19.2 Å². The molecule has 1 aromatic rings. The Morgan fingerprint density at radius 2 is 2.27 bits per heavy atom. The molecule has 0 aliphatic rings. The van der Waals surface area contributed by atoms with Crippen LogP contribution in [0.4, 0.5) is 0 Å². The number of nitrogens with one attached hydrogen (secondary N) is 1. The van der Waals surface area contributed by atoms with Crippen molar-refractivity contribution in [3.8, 4) is 0 Å². The van der Waals surface area contributed by atoms with Gasteiger partial charge >= 0.3 is 0 Å². The largest absolute Gasteiger partial charge is 0.315 e. The third-order valence-electron chi connectivity index (χ3n) is 2.51. The molecule has 0 bridgehead atoms. The SMILES string of the molecule is CCNC(C)CCn1ccc(C)cc1=O. The minimum atomic E-state index is 0.0960. The lowest BCUT2D eigenvalue weighted by atomic mass is 10.2. The molecule has 1 atom stereocenters. The van der Waals surface area contributed by atoms with Gasteiger partial charge in [-0.05, 0) is 38.4 Å². The van der Waals surface area contributed by atoms with Gasteiger partial charge in [-0.15, -0.1) is 0 Å². The molecule has 0 saturated heterocycles. The summed E-state index contributed by atoms with van der Waals surface area (Å²) in [5.74, 6) is 0. The fourth-order valence-electron chi connectivity index (χ4n) is 1.57. The van der Waals surface area contributed by atoms with Gasteiger partial charge in [0.1, 0.15) is 0 Å². The zero-order chi connectivity index (χ0) is 11.3. The molecule has 1 heterocycles. The molecule has 0 aromatic carbocycles. The Labute approximate surface area is 91.1 Å². The number of aryl methyl sites for hydroxylation is 2. The second kappa shape index (κ2) is 5.71. The predicted molar refractivity (Wildman–Crippen MR) is 63.2 cm³/mol. The van der Waals surface area contributed by atoms with Crippen LogP contribution >= 0.6 is 0 Å². The Balaban J connectivity index is 2.54. The number of hydrogen-bond donors (Lipinski definition) is 1. The van der Waals surface area contributed by atoms with Gasteiger partial charge in [-0.3, -0.25) is 4.79 Å². The van der Waals surface area contributed by atoms with E-state index >= 15 is 0 Å². The molecule has 1 aromatic heterocycles. The van der Waals surface area contributed by atoms with Crippen LogP contribution in [0.3, 0.4) is 0 Å². The van der Waals surface area contributed by atoms with Crippen LogP contribution in [0, 0.1) is 6.92 Å². The normalized spacial score (nSPS) is 12.7. The minimum absolute atomic E-state index is 0.0960. The van der Waals surface area contributed by atoms with Crippen molar-refractivity contribution in [2.45, 2.75) is 39.8 Å². The lowest BCUT2D eigenvalue weighted by Crippen LogP contribution is -2.29. The number of rotatable bonds is 5. The summed E-state index contributed by atoms with van der Waals surface area (Å²) < 4.78 is 1.76. The van der Waals surface area contributed by atoms with Crippen LogP contribution in [-0.4, -0.2) is 17.2 Å². The second-order valence-corrected chi connectivity index (χ2v) is 3.98. The summed E-state index contributed by atoms with van der Waals surface area (Å²) in [7, 11) is 0. The smallest absolute Gasteiger partial charge is 0.250 e. The van der Waals surface area contributed by atoms with Gasteiger partial charge in [0.05, 0.1) is 0 Å². The maximum atomic E-state index is 11.6. The highest BCUT2D eigenvalue weighted by Crippen LogP contribution is 1.96. The van der Waals surface area contributed by atoms with E-state index in [1.54, 1.807) is 10.6 Å². The van der Waals surface area contributed by atoms with Gasteiger partial charge in [0.2, 0.25) is 0 Å². The molecule has 0 spiro atoms. The van der Waals surface area contributed by atoms with Crippen LogP contribution in [-0.2, 0) is 6.54 Å². The first-order chi connectivity index (χ1) is 7.13. The molecule has 1 rings (SSSR count). The van der Waals surface area contributed by atoms with Gasteiger partial charge < -0.3 is 9.88 Å². The summed E-state index contributed by atoms with van der Waals surface area (Å²) in [6, 6.07) is 4.11. The zero-order valence-electron chi connectivity index (χ0n) is 9.79. The van der Waals surface area contributed by atoms with E-state index in [-0.39, 0.29) is 5.56 Å². The average Bonchev–Trinajstić information content (AvgIpc) is 2.17. The van der Waals surface area contributed by atoms with E-state index in [1.165, 1.54) is 0 Å². The van der Waals surface area contributed by atoms with Crippen molar-refractivity contribution in [1.29, 1.82) is 0 Å². The molecule has 0 radical (unpaired) electrons. The van der Waals surface area contributed by atoms with Gasteiger partial charge in [0.25, 0.3) is 5.56 Å². The number of pyridine rings is 1. The first-order valence-corrected chi connectivity index (χ1v) is 5.54. The van der Waals surface area contributed by atoms with Crippen molar-refractivity contribution in [3.63, 3.8) is 0 Å². The molecule has 0 fully saturated rings. The summed E-state index contributed by atoms with van der Waals surface area (Å²) >= 11 is 0. The molecular weight excluding hydrogens is 188 g/mol. The highest BCUT2D eigenvalue weighted by Gasteiger charge is 2.01. The maximum Gasteiger partial charge on any atom is 0.250 e. The second-order valence-electron chi connectivity index (χ2n) is 3.98. The van der Waals surface area contributed by atoms with Gasteiger partial charge in [-0.25, -0.2) is 0 Å². The van der Waals surface area contributed by atoms with Crippen LogP contribution in [0.1, 0.15) is 25.8 Å². The van der Waals surface area contributed by atoms with Crippen molar-refractivity contribution >= 4 is 0 Å². The summed E-state index contributed by atoms with van der Waals surface area (Å²) in [5, 5.41) is 3.33. The molecule has 3 nitrogen and oxygen atoms in total. The predicted octanol–water partition coefficient (Wildman–Crippen LogP) is 1.54. The average molecular weight is 208 g/mol. The van der Waals surface area contributed by atoms with E-state index in [4.69, 9.17) is 0 Å². The molecular formula is C12H20N2O. The molecule has 1 N–H and O–H groups in total. The number of aromatic nitrogens is 1. The Bertz CT molecular complexity index is 357. The van der Waals surface area contributed by atoms with E-state index in [0.29, 0.717) is 6.04 Å². The first-order valence-electron chi connectivity index (χ1n) is 5.54. The van der Waals surface area contributed by atoms with Gasteiger partial charge in [0.15, 0.2) is 0 Å². The van der Waals surface area contributed by atoms with Crippen molar-refractivity contribution in [2.75, 3.05) is 6.54 Å². The molecule has 15 heavy (non-hydrogen) atoms. The van der Waals surface area contributed by atoms with E-state index in [0.717, 1.165) is 25.1 Å². The molecule has 0 aliphatic heterocycles. The molecule has 0 amide bonds. The first kappa shape index (κ1) is 12.0. The van der Waals surface area contributed by atoms with E-state index in [9.17, 15) is 4.79 Å². The standard InChI is InChI=1S/C12H20N2O/c1-4-13-11(3)6-8-14-7-5-10(2)9-12(14)15/h5,7,9,11,13H,4,6,8H2,1-3H3. The fourth-order valence-corrected chi connectivity index (χ4v) is 1.57. The molecule has 0 saturated carbocycles. The van der Waals surface area contributed by atoms with Crippen molar-refractivity contribution in [2.24, 2.45) is 0 Å². The Kier molecular flexibility index (Phi) is 4.56. The molecule has 0 aliphatic carbocycles. The van der Waals surface area contributed by atoms with Crippen molar-refractivity contribution < 1.29 is 0 Å². The van der Waals surface area contributed by atoms with Crippen LogP contribution in [0.15, 0.2) is 23.1 Å². The van der Waals surface area contributed by atoms with Crippen LogP contribution < -0.4 is 10.9 Å². The number of hydrogen-bond acceptors (Lipinski definition) is 2. The number of nitrogens with zero attached hydrogens (tertiary/aromatic N) is 1. The third-order valence-corrected chi connectivity index (χ3v) is 2.51. The molecule has 3 heteroatoms. The third kappa shape index (κ3) is 3.88. The lowest BCUT2D eigenvalue weighted by molar-refractivity contribution is 0.482. The van der Waals surface area contributed by atoms with Crippen molar-refractivity contribution in [3.05, 3.63) is 34.2 Å². The maximum absolute atomic E-state index is 11.6. The van der Waals surface area contributed by atoms with E-state index < -0.39 is 0 Å². The van der Waals surface area contributed by atoms with Gasteiger partial charge in [0, 0.05) is 24.8 Å². The van der Waals surface area contributed by atoms with Crippen LogP contribution in [0.25, 0.3) is 0 Å². The molecule has 84 valence electrons. The summed E-state index contributed by atoms with van der Waals surface area (Å²) in [5.41, 5.74) is 1.12. The summed E-state index contributed by atoms with van der Waals surface area (Å²) in [6.07, 6.45) is 2.85. The highest BCUT2D eigenvalue weighted by atomic mass is 16.1. The van der Waals surface area contributed by atoms with Crippen LogP contribution in [0.5, 0.6) is 0 Å². The minimum Gasteiger partial charge on any atom is -0.315 e. The summed E-state index contributed by atoms with van der Waals surface area (Å²) in [6.45, 7) is 7.93. The Morgan fingerprint density at radius 3 is 2.87 bits per heavy atom. The Morgan fingerprint density at radius 1 is 1.53 bits per heavy atom. The van der Waals surface area contributed by atoms with Crippen LogP contribution in [0.2, 0.25) is 0 Å². The zero-order valence-corrected chi connectivity index (χ0v) is 9.79. The lowest BCUT2D eigenvalue weighted by Gasteiger charge is -2.13. The fraction of sp³-hybridized carbons (Fsp3) is 0.583. The summed E-state index contributed by atoms with van der Waals surface area (Å²) in [4.78, 5) is 11.6. The van der Waals surface area contributed by atoms with Crippen molar-refractivity contribution in [1.82, 2.24) is 9.88 Å². The van der Waals surface area contributed by atoms with E-state index in [2.05, 4.69) is 19.2 Å². The monoisotopic (exact) mass is 208 g/mol.